The number of rotatable bonds is 13. The Morgan fingerprint density at radius 3 is 2.00 bits per heavy atom. The summed E-state index contributed by atoms with van der Waals surface area (Å²) in [5.74, 6) is 4.56. The molecule has 2 aliphatic rings. The van der Waals surface area contributed by atoms with Gasteiger partial charge in [-0.05, 0) is 51.4 Å². The highest BCUT2D eigenvalue weighted by molar-refractivity contribution is 7.99. The van der Waals surface area contributed by atoms with Crippen LogP contribution in [0.1, 0.15) is 44.0 Å². The maximum absolute atomic E-state index is 5.36. The number of likely N-dealkylation sites (N-methyl/N-ethyl adjacent to an activating group) is 2. The van der Waals surface area contributed by atoms with Crippen molar-refractivity contribution in [1.29, 1.82) is 0 Å². The third-order valence-corrected chi connectivity index (χ3v) is 9.02. The van der Waals surface area contributed by atoms with Crippen LogP contribution in [-0.4, -0.2) is 99.1 Å². The molecule has 0 aromatic carbocycles. The maximum Gasteiger partial charge on any atom is 0.146 e. The van der Waals surface area contributed by atoms with E-state index in [1.54, 1.807) is 23.5 Å². The van der Waals surface area contributed by atoms with Crippen LogP contribution < -0.4 is 0 Å². The van der Waals surface area contributed by atoms with E-state index in [2.05, 4.69) is 59.5 Å². The van der Waals surface area contributed by atoms with Crippen molar-refractivity contribution in [3.05, 3.63) is 23.5 Å². The van der Waals surface area contributed by atoms with Crippen LogP contribution in [0.3, 0.4) is 0 Å². The van der Waals surface area contributed by atoms with E-state index in [0.717, 1.165) is 84.8 Å². The minimum absolute atomic E-state index is 0.370. The van der Waals surface area contributed by atoms with Gasteiger partial charge < -0.3 is 19.3 Å². The van der Waals surface area contributed by atoms with Crippen molar-refractivity contribution < 1.29 is 9.47 Å². The Morgan fingerprint density at radius 1 is 0.895 bits per heavy atom. The van der Waals surface area contributed by atoms with Crippen LogP contribution in [0.5, 0.6) is 0 Å². The number of hydrogen-bond donors (Lipinski definition) is 0. The number of nitrogens with zero attached hydrogens (tertiary/aromatic N) is 6. The van der Waals surface area contributed by atoms with Crippen LogP contribution >= 0.6 is 47.0 Å². The van der Waals surface area contributed by atoms with Gasteiger partial charge >= 0.3 is 0 Å². The molecule has 2 aliphatic heterocycles. The van der Waals surface area contributed by atoms with Gasteiger partial charge in [-0.25, -0.2) is 0 Å². The zero-order chi connectivity index (χ0) is 27.0. The SMILES string of the molecule is C#CCCCSc1nsnc1C1=CCCN(C)C1.CCOCOCCSc1nsnc1C1=CCCN(C)C1. The van der Waals surface area contributed by atoms with Crippen molar-refractivity contribution in [1.82, 2.24) is 27.3 Å². The Morgan fingerprint density at radius 2 is 1.47 bits per heavy atom. The van der Waals surface area contributed by atoms with Crippen molar-refractivity contribution in [2.45, 2.75) is 42.7 Å². The van der Waals surface area contributed by atoms with Gasteiger partial charge in [0.1, 0.15) is 28.2 Å². The minimum Gasteiger partial charge on any atom is -0.356 e. The molecule has 208 valence electrons. The van der Waals surface area contributed by atoms with E-state index in [0.29, 0.717) is 20.0 Å². The Bertz CT molecular complexity index is 1060. The van der Waals surface area contributed by atoms with Crippen molar-refractivity contribution >= 4 is 58.1 Å². The quantitative estimate of drug-likeness (QED) is 0.135. The first-order valence-corrected chi connectivity index (χ1v) is 16.3. The molecule has 38 heavy (non-hydrogen) atoms. The lowest BCUT2D eigenvalue weighted by molar-refractivity contribution is -0.0435. The lowest BCUT2D eigenvalue weighted by atomic mass is 10.1. The van der Waals surface area contributed by atoms with Crippen LogP contribution in [0.25, 0.3) is 11.1 Å². The maximum atomic E-state index is 5.36. The number of unbranched alkanes of at least 4 members (excludes halogenated alkanes) is 1. The Labute approximate surface area is 244 Å². The number of ether oxygens (including phenoxy) is 2. The van der Waals surface area contributed by atoms with E-state index in [1.165, 1.54) is 34.6 Å². The second kappa shape index (κ2) is 18.1. The van der Waals surface area contributed by atoms with Gasteiger partial charge in [-0.1, -0.05) is 12.2 Å². The zero-order valence-corrected chi connectivity index (χ0v) is 25.8. The van der Waals surface area contributed by atoms with Gasteiger partial charge in [0.15, 0.2) is 0 Å². The van der Waals surface area contributed by atoms with Gasteiger partial charge in [-0.3, -0.25) is 0 Å². The number of thioether (sulfide) groups is 2. The van der Waals surface area contributed by atoms with Crippen LogP contribution in [-0.2, 0) is 9.47 Å². The van der Waals surface area contributed by atoms with Gasteiger partial charge in [-0.2, -0.15) is 17.5 Å². The molecule has 4 heterocycles. The van der Waals surface area contributed by atoms with Crippen LogP contribution in [0.15, 0.2) is 22.2 Å². The summed E-state index contributed by atoms with van der Waals surface area (Å²) >= 11 is 6.07. The molecule has 0 aliphatic carbocycles. The van der Waals surface area contributed by atoms with Crippen LogP contribution in [0.4, 0.5) is 0 Å². The van der Waals surface area contributed by atoms with Gasteiger partial charge in [0.2, 0.25) is 0 Å². The fourth-order valence-corrected chi connectivity index (χ4v) is 7.03. The first-order chi connectivity index (χ1) is 18.6. The van der Waals surface area contributed by atoms with Crippen LogP contribution in [0.2, 0.25) is 0 Å². The first-order valence-electron chi connectivity index (χ1n) is 12.9. The lowest BCUT2D eigenvalue weighted by Gasteiger charge is -2.22. The van der Waals surface area contributed by atoms with Crippen molar-refractivity contribution in [3.8, 4) is 12.3 Å². The molecule has 8 nitrogen and oxygen atoms in total. The number of terminal acetylenes is 1. The molecule has 0 fully saturated rings. The summed E-state index contributed by atoms with van der Waals surface area (Å²) in [6.45, 7) is 7.87. The lowest BCUT2D eigenvalue weighted by Crippen LogP contribution is -2.25. The molecule has 0 N–H and O–H groups in total. The van der Waals surface area contributed by atoms with Gasteiger partial charge in [0.25, 0.3) is 0 Å². The predicted molar refractivity (Wildman–Crippen MR) is 162 cm³/mol. The molecule has 2 aromatic heterocycles. The van der Waals surface area contributed by atoms with Crippen molar-refractivity contribution in [3.63, 3.8) is 0 Å². The Kier molecular flexibility index (Phi) is 14.9. The summed E-state index contributed by atoms with van der Waals surface area (Å²) in [4.78, 5) is 4.63. The number of aromatic nitrogens is 4. The molecule has 0 saturated carbocycles. The Hall–Kier alpha value is -1.30. The average Bonchev–Trinajstić information content (AvgIpc) is 3.59. The van der Waals surface area contributed by atoms with Crippen molar-refractivity contribution in [2.75, 3.05) is 71.8 Å². The molecular weight excluding hydrogens is 557 g/mol. The van der Waals surface area contributed by atoms with E-state index in [1.807, 2.05) is 6.92 Å². The normalized spacial score (nSPS) is 16.4. The van der Waals surface area contributed by atoms with Crippen LogP contribution in [0, 0.1) is 12.3 Å². The molecule has 0 atom stereocenters. The van der Waals surface area contributed by atoms with Gasteiger partial charge in [0, 0.05) is 50.7 Å². The third kappa shape index (κ3) is 10.7. The summed E-state index contributed by atoms with van der Waals surface area (Å²) in [7, 11) is 4.29. The number of hydrogen-bond acceptors (Lipinski definition) is 12. The zero-order valence-electron chi connectivity index (χ0n) is 22.6. The van der Waals surface area contributed by atoms with E-state index in [4.69, 9.17) is 15.9 Å². The fourth-order valence-electron chi connectivity index (χ4n) is 3.81. The summed E-state index contributed by atoms with van der Waals surface area (Å²) in [6.07, 6.45) is 13.9. The standard InChI is InChI=1S/C13H21N3O2S2.C13H17N3S2/c1-3-17-10-18-7-8-19-13-12(14-20-15-13)11-5-4-6-16(2)9-11;1-3-4-5-9-17-13-12(14-18-15-13)11-7-6-8-16(2)10-11/h5H,3-4,6-10H2,1-2H3;1,7H,4-6,8-10H2,2H3. The summed E-state index contributed by atoms with van der Waals surface area (Å²) in [5, 5.41) is 2.09. The van der Waals surface area contributed by atoms with E-state index in [-0.39, 0.29) is 0 Å². The second-order valence-corrected chi connectivity index (χ2v) is 12.1. The molecule has 0 bridgehead atoms. The predicted octanol–water partition coefficient (Wildman–Crippen LogP) is 5.12. The van der Waals surface area contributed by atoms with Gasteiger partial charge in [0.05, 0.1) is 30.1 Å². The van der Waals surface area contributed by atoms with Gasteiger partial charge in [-0.15, -0.1) is 35.9 Å². The van der Waals surface area contributed by atoms with E-state index < -0.39 is 0 Å². The average molecular weight is 595 g/mol. The highest BCUT2D eigenvalue weighted by Gasteiger charge is 2.18. The summed E-state index contributed by atoms with van der Waals surface area (Å²) in [5.41, 5.74) is 4.75. The highest BCUT2D eigenvalue weighted by atomic mass is 32.2. The molecule has 0 amide bonds. The van der Waals surface area contributed by atoms with E-state index in [9.17, 15) is 0 Å². The molecule has 0 saturated heterocycles. The summed E-state index contributed by atoms with van der Waals surface area (Å²) in [6, 6.07) is 0. The first kappa shape index (κ1) is 31.2. The summed E-state index contributed by atoms with van der Waals surface area (Å²) < 4.78 is 28.2. The molecule has 4 rings (SSSR count). The third-order valence-electron chi connectivity index (χ3n) is 5.75. The van der Waals surface area contributed by atoms with Crippen molar-refractivity contribution in [2.24, 2.45) is 0 Å². The molecule has 2 aromatic rings. The highest BCUT2D eigenvalue weighted by Crippen LogP contribution is 2.30. The smallest absolute Gasteiger partial charge is 0.146 e. The molecule has 0 radical (unpaired) electrons. The second-order valence-electron chi connectivity index (χ2n) is 8.87. The topological polar surface area (TPSA) is 76.5 Å². The Balaban J connectivity index is 0.000000212. The molecule has 0 spiro atoms. The fraction of sp³-hybridized carbons (Fsp3) is 0.615. The minimum atomic E-state index is 0.370. The van der Waals surface area contributed by atoms with E-state index >= 15 is 0 Å². The largest absolute Gasteiger partial charge is 0.356 e. The monoisotopic (exact) mass is 594 g/mol. The molecule has 12 heteroatoms. The molecule has 0 unspecified atom stereocenters. The molecular formula is C26H38N6O2S4.